The van der Waals surface area contributed by atoms with Gasteiger partial charge >= 0.3 is 5.69 Å². The maximum atomic E-state index is 12.5. The van der Waals surface area contributed by atoms with E-state index in [1.165, 1.54) is 6.42 Å². The smallest absolute Gasteiger partial charge is 0.323 e. The summed E-state index contributed by atoms with van der Waals surface area (Å²) in [6.07, 6.45) is 1.22. The summed E-state index contributed by atoms with van der Waals surface area (Å²) < 4.78 is 0. The van der Waals surface area contributed by atoms with E-state index in [1.807, 2.05) is 6.92 Å². The van der Waals surface area contributed by atoms with E-state index in [-0.39, 0.29) is 17.6 Å². The van der Waals surface area contributed by atoms with Crippen molar-refractivity contribution in [2.75, 3.05) is 18.4 Å². The van der Waals surface area contributed by atoms with Gasteiger partial charge in [-0.2, -0.15) is 0 Å². The molecule has 2 heterocycles. The lowest BCUT2D eigenvalue weighted by Crippen LogP contribution is -2.48. The Balaban J connectivity index is 1.70. The zero-order valence-electron chi connectivity index (χ0n) is 13.8. The molecule has 1 saturated heterocycles. The predicted octanol–water partition coefficient (Wildman–Crippen LogP) is 2.16. The fourth-order valence-electron chi connectivity index (χ4n) is 3.55. The molecule has 1 fully saturated rings. The minimum atomic E-state index is -0.242. The van der Waals surface area contributed by atoms with Crippen LogP contribution >= 0.6 is 0 Å². The predicted molar refractivity (Wildman–Crippen MR) is 91.5 cm³/mol. The number of rotatable bonds is 3. The molecule has 6 heteroatoms. The second-order valence-electron chi connectivity index (χ2n) is 6.90. The van der Waals surface area contributed by atoms with Crippen LogP contribution in [0.2, 0.25) is 0 Å². The van der Waals surface area contributed by atoms with E-state index in [2.05, 4.69) is 34.0 Å². The monoisotopic (exact) mass is 316 g/mol. The minimum Gasteiger partial charge on any atom is -0.325 e. The number of imidazole rings is 1. The summed E-state index contributed by atoms with van der Waals surface area (Å²) in [4.78, 5) is 31.5. The van der Waals surface area contributed by atoms with E-state index < -0.39 is 0 Å². The zero-order valence-corrected chi connectivity index (χ0v) is 13.8. The van der Waals surface area contributed by atoms with Crippen LogP contribution in [0, 0.1) is 11.8 Å². The van der Waals surface area contributed by atoms with Gasteiger partial charge in [-0.1, -0.05) is 13.8 Å². The van der Waals surface area contributed by atoms with Crippen molar-refractivity contribution in [2.45, 2.75) is 33.2 Å². The Labute approximate surface area is 135 Å². The molecule has 3 N–H and O–H groups in total. The maximum Gasteiger partial charge on any atom is 0.323 e. The van der Waals surface area contributed by atoms with Gasteiger partial charge in [0.05, 0.1) is 17.1 Å². The first-order valence-corrected chi connectivity index (χ1v) is 8.19. The number of hydrogen-bond donors (Lipinski definition) is 3. The second-order valence-corrected chi connectivity index (χ2v) is 6.90. The fraction of sp³-hybridized carbons (Fsp3) is 0.529. The van der Waals surface area contributed by atoms with Crippen molar-refractivity contribution in [1.82, 2.24) is 14.9 Å². The summed E-state index contributed by atoms with van der Waals surface area (Å²) >= 11 is 0. The molecule has 6 nitrogen and oxygen atoms in total. The van der Waals surface area contributed by atoms with Crippen molar-refractivity contribution >= 4 is 22.6 Å². The number of piperidine rings is 1. The molecule has 124 valence electrons. The van der Waals surface area contributed by atoms with Gasteiger partial charge in [-0.25, -0.2) is 4.79 Å². The molecule has 1 aliphatic heterocycles. The van der Waals surface area contributed by atoms with E-state index in [1.54, 1.807) is 18.2 Å². The second kappa shape index (κ2) is 6.20. The molecule has 0 spiro atoms. The van der Waals surface area contributed by atoms with Crippen molar-refractivity contribution < 1.29 is 4.79 Å². The number of carbonyl (C=O) groups excluding carboxylic acids is 1. The van der Waals surface area contributed by atoms with Crippen molar-refractivity contribution in [3.8, 4) is 0 Å². The molecular weight excluding hydrogens is 292 g/mol. The van der Waals surface area contributed by atoms with Crippen LogP contribution in [-0.4, -0.2) is 39.9 Å². The molecule has 1 aromatic carbocycles. The van der Waals surface area contributed by atoms with Crippen molar-refractivity contribution in [3.05, 3.63) is 28.7 Å². The average molecular weight is 316 g/mol. The van der Waals surface area contributed by atoms with Gasteiger partial charge in [0, 0.05) is 18.8 Å². The number of amides is 1. The normalized spacial score (nSPS) is 23.8. The zero-order chi connectivity index (χ0) is 16.6. The number of nitrogens with one attached hydrogen (secondary N) is 3. The standard InChI is InChI=1S/C17H24N4O2/c1-10-6-11(2)9-21(8-10)12(3)16(22)18-13-4-5-14-15(7-13)20-17(23)19-14/h4-5,7,10-12H,6,8-9H2,1-3H3,(H,18,22)(H2,19,20,23)/t10-,11-,12-/m1/s1. The molecule has 0 unspecified atom stereocenters. The lowest BCUT2D eigenvalue weighted by molar-refractivity contribution is -0.121. The van der Waals surface area contributed by atoms with Gasteiger partial charge < -0.3 is 15.3 Å². The Hall–Kier alpha value is -2.08. The molecule has 23 heavy (non-hydrogen) atoms. The van der Waals surface area contributed by atoms with Crippen LogP contribution < -0.4 is 11.0 Å². The summed E-state index contributed by atoms with van der Waals surface area (Å²) in [5.41, 5.74) is 1.89. The van der Waals surface area contributed by atoms with Crippen molar-refractivity contribution in [1.29, 1.82) is 0 Å². The number of anilines is 1. The molecule has 0 saturated carbocycles. The van der Waals surface area contributed by atoms with Crippen LogP contribution in [0.3, 0.4) is 0 Å². The van der Waals surface area contributed by atoms with Gasteiger partial charge in [0.1, 0.15) is 0 Å². The molecule has 1 amide bonds. The summed E-state index contributed by atoms with van der Waals surface area (Å²) in [7, 11) is 0. The van der Waals surface area contributed by atoms with Gasteiger partial charge in [0.15, 0.2) is 0 Å². The van der Waals surface area contributed by atoms with Crippen molar-refractivity contribution in [2.24, 2.45) is 11.8 Å². The molecule has 0 aliphatic carbocycles. The number of fused-ring (bicyclic) bond motifs is 1. The Bertz CT molecular complexity index is 753. The highest BCUT2D eigenvalue weighted by Gasteiger charge is 2.28. The summed E-state index contributed by atoms with van der Waals surface area (Å²) in [6, 6.07) is 5.21. The molecule has 3 rings (SSSR count). The molecule has 3 atom stereocenters. The van der Waals surface area contributed by atoms with E-state index in [0.717, 1.165) is 18.6 Å². The third-order valence-electron chi connectivity index (χ3n) is 4.61. The Kier molecular flexibility index (Phi) is 4.26. The highest BCUT2D eigenvalue weighted by Crippen LogP contribution is 2.23. The van der Waals surface area contributed by atoms with Crippen LogP contribution in [0.4, 0.5) is 5.69 Å². The average Bonchev–Trinajstić information content (AvgIpc) is 2.84. The van der Waals surface area contributed by atoms with Crippen molar-refractivity contribution in [3.63, 3.8) is 0 Å². The number of carbonyl (C=O) groups is 1. The SMILES string of the molecule is C[C@@H]1C[C@@H](C)CN([C@H](C)C(=O)Nc2ccc3[nH]c(=O)[nH]c3c2)C1. The summed E-state index contributed by atoms with van der Waals surface area (Å²) in [5.74, 6) is 1.23. The van der Waals surface area contributed by atoms with E-state index in [4.69, 9.17) is 0 Å². The van der Waals surface area contributed by atoms with Crippen LogP contribution in [0.15, 0.2) is 23.0 Å². The van der Waals surface area contributed by atoms with Gasteiger partial charge in [0.25, 0.3) is 0 Å². The van der Waals surface area contributed by atoms with Crippen LogP contribution in [-0.2, 0) is 4.79 Å². The van der Waals surface area contributed by atoms with Gasteiger partial charge in [0.2, 0.25) is 5.91 Å². The third kappa shape index (κ3) is 3.47. The molecule has 1 aromatic heterocycles. The number of likely N-dealkylation sites (tertiary alicyclic amines) is 1. The summed E-state index contributed by atoms with van der Waals surface area (Å²) in [6.45, 7) is 8.36. The van der Waals surface area contributed by atoms with Crippen LogP contribution in [0.5, 0.6) is 0 Å². The lowest BCUT2D eigenvalue weighted by Gasteiger charge is -2.38. The molecule has 0 radical (unpaired) electrons. The van der Waals surface area contributed by atoms with E-state index in [9.17, 15) is 9.59 Å². The number of aromatic amines is 2. The molecule has 0 bridgehead atoms. The minimum absolute atomic E-state index is 0.0106. The highest BCUT2D eigenvalue weighted by molar-refractivity contribution is 5.96. The summed E-state index contributed by atoms with van der Waals surface area (Å²) in [5, 5.41) is 2.95. The maximum absolute atomic E-state index is 12.5. The van der Waals surface area contributed by atoms with Gasteiger partial charge in [-0.3, -0.25) is 9.69 Å². The number of hydrogen-bond acceptors (Lipinski definition) is 3. The number of aromatic nitrogens is 2. The van der Waals surface area contributed by atoms with Crippen LogP contribution in [0.1, 0.15) is 27.2 Å². The first kappa shape index (κ1) is 15.8. The number of nitrogens with zero attached hydrogens (tertiary/aromatic N) is 1. The quantitative estimate of drug-likeness (QED) is 0.811. The Morgan fingerprint density at radius 2 is 1.87 bits per heavy atom. The number of H-pyrrole nitrogens is 2. The fourth-order valence-corrected chi connectivity index (χ4v) is 3.55. The lowest BCUT2D eigenvalue weighted by atomic mass is 9.91. The van der Waals surface area contributed by atoms with E-state index in [0.29, 0.717) is 23.0 Å². The largest absolute Gasteiger partial charge is 0.325 e. The highest BCUT2D eigenvalue weighted by atomic mass is 16.2. The Morgan fingerprint density at radius 3 is 2.57 bits per heavy atom. The van der Waals surface area contributed by atoms with Gasteiger partial charge in [-0.05, 0) is 43.4 Å². The first-order valence-electron chi connectivity index (χ1n) is 8.19. The van der Waals surface area contributed by atoms with Crippen LogP contribution in [0.25, 0.3) is 11.0 Å². The molecular formula is C17H24N4O2. The molecule has 1 aliphatic rings. The molecule has 2 aromatic rings. The third-order valence-corrected chi connectivity index (χ3v) is 4.61. The van der Waals surface area contributed by atoms with Gasteiger partial charge in [-0.15, -0.1) is 0 Å². The first-order chi connectivity index (χ1) is 10.9. The number of benzene rings is 1. The Morgan fingerprint density at radius 1 is 1.22 bits per heavy atom. The topological polar surface area (TPSA) is 81.0 Å². The van der Waals surface area contributed by atoms with E-state index >= 15 is 0 Å².